The number of nitrogens with one attached hydrogen (secondary N) is 2. The Labute approximate surface area is 161 Å². The highest BCUT2D eigenvalue weighted by atomic mass is 32.2. The number of amides is 2. The van der Waals surface area contributed by atoms with Crippen LogP contribution in [0.5, 0.6) is 0 Å². The summed E-state index contributed by atoms with van der Waals surface area (Å²) in [4.78, 5) is 14.6. The molecule has 2 N–H and O–H groups in total. The SMILES string of the molecule is C[C@@H]1CN(c2ccccc2NC(=O)NCCSC2CCCC2)C[C@@H](C)O1. The smallest absolute Gasteiger partial charge is 0.319 e. The van der Waals surface area contributed by atoms with E-state index in [2.05, 4.69) is 35.4 Å². The Morgan fingerprint density at radius 2 is 1.88 bits per heavy atom. The number of thioether (sulfide) groups is 1. The summed E-state index contributed by atoms with van der Waals surface area (Å²) >= 11 is 1.99. The fraction of sp³-hybridized carbons (Fsp3) is 0.650. The molecule has 1 aromatic rings. The highest BCUT2D eigenvalue weighted by molar-refractivity contribution is 7.99. The van der Waals surface area contributed by atoms with Crippen LogP contribution in [0.25, 0.3) is 0 Å². The van der Waals surface area contributed by atoms with E-state index < -0.39 is 0 Å². The standard InChI is InChI=1S/C20H31N3O2S/c1-15-13-23(14-16(2)25-15)19-10-6-5-9-18(19)22-20(24)21-11-12-26-17-7-3-4-8-17/h5-6,9-10,15-17H,3-4,7-8,11-14H2,1-2H3,(H2,21,22,24)/t15-,16-/m1/s1. The Hall–Kier alpha value is -1.40. The summed E-state index contributed by atoms with van der Waals surface area (Å²) in [5, 5.41) is 6.81. The average molecular weight is 378 g/mol. The van der Waals surface area contributed by atoms with Gasteiger partial charge in [-0.25, -0.2) is 4.79 Å². The minimum atomic E-state index is -0.126. The van der Waals surface area contributed by atoms with Gasteiger partial charge in [0.2, 0.25) is 0 Å². The molecule has 5 nitrogen and oxygen atoms in total. The topological polar surface area (TPSA) is 53.6 Å². The van der Waals surface area contributed by atoms with Gasteiger partial charge in [-0.05, 0) is 38.8 Å². The molecule has 1 aliphatic heterocycles. The van der Waals surface area contributed by atoms with E-state index in [0.29, 0.717) is 6.54 Å². The molecule has 0 radical (unpaired) electrons. The Morgan fingerprint density at radius 3 is 2.62 bits per heavy atom. The van der Waals surface area contributed by atoms with Crippen LogP contribution >= 0.6 is 11.8 Å². The van der Waals surface area contributed by atoms with Crippen LogP contribution in [-0.2, 0) is 4.74 Å². The minimum absolute atomic E-state index is 0.126. The molecule has 26 heavy (non-hydrogen) atoms. The number of hydrogen-bond acceptors (Lipinski definition) is 4. The van der Waals surface area contributed by atoms with Gasteiger partial charge < -0.3 is 20.3 Å². The zero-order valence-corrected chi connectivity index (χ0v) is 16.7. The third kappa shape index (κ3) is 5.55. The third-order valence-electron chi connectivity index (χ3n) is 4.96. The van der Waals surface area contributed by atoms with Crippen LogP contribution in [0.4, 0.5) is 16.2 Å². The number of hydrogen-bond donors (Lipinski definition) is 2. The normalized spacial score (nSPS) is 23.8. The van der Waals surface area contributed by atoms with Gasteiger partial charge in [-0.3, -0.25) is 0 Å². The van der Waals surface area contributed by atoms with Crippen LogP contribution in [0, 0.1) is 0 Å². The first kappa shape index (κ1) is 19.4. The lowest BCUT2D eigenvalue weighted by Gasteiger charge is -2.37. The largest absolute Gasteiger partial charge is 0.372 e. The number of nitrogens with zero attached hydrogens (tertiary/aromatic N) is 1. The van der Waals surface area contributed by atoms with E-state index in [0.717, 1.165) is 35.5 Å². The Kier molecular flexibility index (Phi) is 7.08. The zero-order valence-electron chi connectivity index (χ0n) is 15.9. The molecule has 2 amide bonds. The lowest BCUT2D eigenvalue weighted by atomic mass is 10.1. The number of benzene rings is 1. The van der Waals surface area contributed by atoms with E-state index in [4.69, 9.17) is 4.74 Å². The summed E-state index contributed by atoms with van der Waals surface area (Å²) in [5.74, 6) is 0.984. The maximum absolute atomic E-state index is 12.3. The molecule has 2 aliphatic rings. The first-order chi connectivity index (χ1) is 12.6. The molecule has 3 rings (SSSR count). The van der Waals surface area contributed by atoms with Crippen molar-refractivity contribution in [2.24, 2.45) is 0 Å². The predicted octanol–water partition coefficient (Wildman–Crippen LogP) is 4.10. The third-order valence-corrected chi connectivity index (χ3v) is 6.34. The number of rotatable bonds is 6. The summed E-state index contributed by atoms with van der Waals surface area (Å²) in [6, 6.07) is 7.88. The zero-order chi connectivity index (χ0) is 18.4. The van der Waals surface area contributed by atoms with Crippen LogP contribution in [0.2, 0.25) is 0 Å². The molecule has 6 heteroatoms. The molecule has 0 spiro atoms. The van der Waals surface area contributed by atoms with Crippen LogP contribution in [0.15, 0.2) is 24.3 Å². The molecule has 0 bridgehead atoms. The molecule has 1 saturated heterocycles. The van der Waals surface area contributed by atoms with Gasteiger partial charge in [0.05, 0.1) is 23.6 Å². The first-order valence-electron chi connectivity index (χ1n) is 9.77. The number of anilines is 2. The maximum Gasteiger partial charge on any atom is 0.319 e. The monoisotopic (exact) mass is 377 g/mol. The van der Waals surface area contributed by atoms with Crippen molar-refractivity contribution in [3.8, 4) is 0 Å². The van der Waals surface area contributed by atoms with Crippen LogP contribution in [-0.4, -0.2) is 48.9 Å². The van der Waals surface area contributed by atoms with Gasteiger partial charge in [-0.1, -0.05) is 25.0 Å². The van der Waals surface area contributed by atoms with Crippen LogP contribution in [0.3, 0.4) is 0 Å². The quantitative estimate of drug-likeness (QED) is 0.733. The second kappa shape index (κ2) is 9.51. The predicted molar refractivity (Wildman–Crippen MR) is 110 cm³/mol. The number of para-hydroxylation sites is 2. The van der Waals surface area contributed by atoms with E-state index in [-0.39, 0.29) is 18.2 Å². The molecule has 1 aromatic carbocycles. The molecule has 1 heterocycles. The van der Waals surface area contributed by atoms with Gasteiger partial charge in [0.1, 0.15) is 0 Å². The summed E-state index contributed by atoms with van der Waals surface area (Å²) in [7, 11) is 0. The highest BCUT2D eigenvalue weighted by Gasteiger charge is 2.24. The van der Waals surface area contributed by atoms with Crippen molar-refractivity contribution >= 4 is 29.2 Å². The van der Waals surface area contributed by atoms with Gasteiger partial charge >= 0.3 is 6.03 Å². The molecule has 1 saturated carbocycles. The Morgan fingerprint density at radius 1 is 1.19 bits per heavy atom. The van der Waals surface area contributed by atoms with Crippen molar-refractivity contribution in [3.05, 3.63) is 24.3 Å². The fourth-order valence-corrected chi connectivity index (χ4v) is 5.06. The lowest BCUT2D eigenvalue weighted by Crippen LogP contribution is -2.45. The molecule has 0 unspecified atom stereocenters. The number of ether oxygens (including phenoxy) is 1. The fourth-order valence-electron chi connectivity index (χ4n) is 3.84. The molecule has 2 fully saturated rings. The molecule has 0 aromatic heterocycles. The number of morpholine rings is 1. The van der Waals surface area contributed by atoms with Crippen molar-refractivity contribution < 1.29 is 9.53 Å². The van der Waals surface area contributed by atoms with Crippen molar-refractivity contribution in [2.75, 3.05) is 35.6 Å². The van der Waals surface area contributed by atoms with Crippen LogP contribution in [0.1, 0.15) is 39.5 Å². The first-order valence-corrected chi connectivity index (χ1v) is 10.8. The van der Waals surface area contributed by atoms with Gasteiger partial charge in [0.25, 0.3) is 0 Å². The van der Waals surface area contributed by atoms with Gasteiger partial charge in [-0.2, -0.15) is 11.8 Å². The van der Waals surface area contributed by atoms with E-state index in [9.17, 15) is 4.79 Å². The van der Waals surface area contributed by atoms with E-state index >= 15 is 0 Å². The maximum atomic E-state index is 12.3. The molecule has 1 aliphatic carbocycles. The number of urea groups is 1. The van der Waals surface area contributed by atoms with Gasteiger partial charge in [0, 0.05) is 30.6 Å². The van der Waals surface area contributed by atoms with E-state index in [1.165, 1.54) is 25.7 Å². The number of carbonyl (C=O) groups is 1. The minimum Gasteiger partial charge on any atom is -0.372 e. The Bertz CT molecular complexity index is 582. The molecular formula is C20H31N3O2S. The second-order valence-corrected chi connectivity index (χ2v) is 8.75. The second-order valence-electron chi connectivity index (χ2n) is 7.34. The van der Waals surface area contributed by atoms with Gasteiger partial charge in [-0.15, -0.1) is 0 Å². The van der Waals surface area contributed by atoms with E-state index in [1.54, 1.807) is 0 Å². The molecule has 2 atom stereocenters. The van der Waals surface area contributed by atoms with Gasteiger partial charge in [0.15, 0.2) is 0 Å². The lowest BCUT2D eigenvalue weighted by molar-refractivity contribution is -0.00517. The Balaban J connectivity index is 1.50. The summed E-state index contributed by atoms with van der Waals surface area (Å²) < 4.78 is 5.82. The number of carbonyl (C=O) groups excluding carboxylic acids is 1. The van der Waals surface area contributed by atoms with E-state index in [1.807, 2.05) is 30.0 Å². The molecule has 144 valence electrons. The summed E-state index contributed by atoms with van der Waals surface area (Å²) in [6.45, 7) is 6.56. The van der Waals surface area contributed by atoms with Crippen LogP contribution < -0.4 is 15.5 Å². The van der Waals surface area contributed by atoms with Crippen molar-refractivity contribution in [1.82, 2.24) is 5.32 Å². The van der Waals surface area contributed by atoms with Crippen molar-refractivity contribution in [3.63, 3.8) is 0 Å². The van der Waals surface area contributed by atoms with Crippen molar-refractivity contribution in [2.45, 2.75) is 57.0 Å². The highest BCUT2D eigenvalue weighted by Crippen LogP contribution is 2.29. The summed E-state index contributed by atoms with van der Waals surface area (Å²) in [5.41, 5.74) is 1.92. The van der Waals surface area contributed by atoms with Crippen molar-refractivity contribution in [1.29, 1.82) is 0 Å². The summed E-state index contributed by atoms with van der Waals surface area (Å²) in [6.07, 6.45) is 5.77. The molecular weight excluding hydrogens is 346 g/mol. The average Bonchev–Trinajstić information content (AvgIpc) is 3.12.